The lowest BCUT2D eigenvalue weighted by Crippen LogP contribution is -2.37. The van der Waals surface area contributed by atoms with Crippen molar-refractivity contribution in [1.29, 1.82) is 0 Å². The van der Waals surface area contributed by atoms with Crippen LogP contribution in [0.4, 0.5) is 0 Å². The minimum Gasteiger partial charge on any atom is -0.506 e. The fraction of sp³-hybridized carbons (Fsp3) is 0.667. The Hall–Kier alpha value is -1.17. The van der Waals surface area contributed by atoms with E-state index in [1.54, 1.807) is 6.07 Å². The van der Waals surface area contributed by atoms with Crippen molar-refractivity contribution in [2.45, 2.75) is 38.8 Å². The molecule has 20 heavy (non-hydrogen) atoms. The maximum Gasteiger partial charge on any atom is 0.138 e. The predicted octanol–water partition coefficient (Wildman–Crippen LogP) is 1.43. The summed E-state index contributed by atoms with van der Waals surface area (Å²) >= 11 is 0. The Morgan fingerprint density at radius 3 is 2.85 bits per heavy atom. The summed E-state index contributed by atoms with van der Waals surface area (Å²) in [5.41, 5.74) is 7.17. The average Bonchev–Trinajstić information content (AvgIpc) is 2.45. The highest BCUT2D eigenvalue weighted by molar-refractivity contribution is 5.27. The van der Waals surface area contributed by atoms with Crippen molar-refractivity contribution in [2.24, 2.45) is 5.73 Å². The normalized spacial score (nSPS) is 17.5. The summed E-state index contributed by atoms with van der Waals surface area (Å²) in [7, 11) is 0. The van der Waals surface area contributed by atoms with Crippen LogP contribution < -0.4 is 5.73 Å². The summed E-state index contributed by atoms with van der Waals surface area (Å²) in [4.78, 5) is 6.73. The highest BCUT2D eigenvalue weighted by atomic mass is 16.5. The van der Waals surface area contributed by atoms with Crippen LogP contribution in [0.2, 0.25) is 0 Å². The first-order valence-electron chi connectivity index (χ1n) is 7.38. The predicted molar refractivity (Wildman–Crippen MR) is 78.6 cm³/mol. The first-order chi connectivity index (χ1) is 9.69. The van der Waals surface area contributed by atoms with E-state index in [2.05, 4.69) is 9.88 Å². The summed E-state index contributed by atoms with van der Waals surface area (Å²) in [5.74, 6) is 0.289. The molecule has 112 valence electrons. The molecule has 0 unspecified atom stereocenters. The van der Waals surface area contributed by atoms with Crippen LogP contribution in [-0.2, 0) is 11.3 Å². The number of hydrogen-bond donors (Lipinski definition) is 2. The van der Waals surface area contributed by atoms with E-state index in [4.69, 9.17) is 10.5 Å². The Labute approximate surface area is 120 Å². The second-order valence-electron chi connectivity index (χ2n) is 5.41. The number of rotatable bonds is 6. The molecule has 5 nitrogen and oxygen atoms in total. The first-order valence-corrected chi connectivity index (χ1v) is 7.38. The molecule has 1 aliphatic rings. The third-order valence-corrected chi connectivity index (χ3v) is 3.70. The van der Waals surface area contributed by atoms with Crippen LogP contribution in [0.25, 0.3) is 0 Å². The zero-order chi connectivity index (χ0) is 14.4. The molecule has 2 heterocycles. The van der Waals surface area contributed by atoms with E-state index in [0.29, 0.717) is 19.2 Å². The second-order valence-corrected chi connectivity index (χ2v) is 5.41. The maximum atomic E-state index is 9.84. The number of piperidine rings is 1. The van der Waals surface area contributed by atoms with Gasteiger partial charge in [0.25, 0.3) is 0 Å². The smallest absolute Gasteiger partial charge is 0.138 e. The second kappa shape index (κ2) is 7.57. The average molecular weight is 279 g/mol. The van der Waals surface area contributed by atoms with E-state index >= 15 is 0 Å². The van der Waals surface area contributed by atoms with Crippen molar-refractivity contribution in [3.05, 3.63) is 23.5 Å². The van der Waals surface area contributed by atoms with Crippen molar-refractivity contribution < 1.29 is 9.84 Å². The Morgan fingerprint density at radius 1 is 1.40 bits per heavy atom. The van der Waals surface area contributed by atoms with Gasteiger partial charge in [-0.2, -0.15) is 0 Å². The zero-order valence-electron chi connectivity index (χ0n) is 12.2. The van der Waals surface area contributed by atoms with Gasteiger partial charge < -0.3 is 15.6 Å². The van der Waals surface area contributed by atoms with Crippen LogP contribution in [0.1, 0.15) is 30.7 Å². The van der Waals surface area contributed by atoms with Gasteiger partial charge in [0.05, 0.1) is 11.8 Å². The molecule has 0 aliphatic carbocycles. The molecule has 0 saturated carbocycles. The molecular formula is C15H25N3O2. The van der Waals surface area contributed by atoms with E-state index in [9.17, 15) is 5.11 Å². The third kappa shape index (κ3) is 4.44. The van der Waals surface area contributed by atoms with Crippen molar-refractivity contribution >= 4 is 0 Å². The van der Waals surface area contributed by atoms with Crippen LogP contribution in [0.3, 0.4) is 0 Å². The molecule has 0 atom stereocenters. The van der Waals surface area contributed by atoms with Crippen molar-refractivity contribution in [1.82, 2.24) is 9.88 Å². The zero-order valence-corrected chi connectivity index (χ0v) is 12.2. The maximum absolute atomic E-state index is 9.84. The molecule has 1 aliphatic heterocycles. The topological polar surface area (TPSA) is 71.6 Å². The van der Waals surface area contributed by atoms with Gasteiger partial charge in [0, 0.05) is 31.9 Å². The molecule has 0 radical (unpaired) electrons. The number of pyridine rings is 1. The summed E-state index contributed by atoms with van der Waals surface area (Å²) < 4.78 is 5.79. The fourth-order valence-electron chi connectivity index (χ4n) is 2.50. The van der Waals surface area contributed by atoms with Crippen LogP contribution in [0.15, 0.2) is 12.1 Å². The van der Waals surface area contributed by atoms with Gasteiger partial charge in [-0.25, -0.2) is 0 Å². The van der Waals surface area contributed by atoms with Crippen molar-refractivity contribution in [3.63, 3.8) is 0 Å². The number of aromatic nitrogens is 1. The quantitative estimate of drug-likeness (QED) is 0.771. The van der Waals surface area contributed by atoms with Gasteiger partial charge in [0.2, 0.25) is 0 Å². The molecule has 5 heteroatoms. The molecule has 0 spiro atoms. The number of aromatic hydroxyl groups is 1. The molecule has 0 amide bonds. The Morgan fingerprint density at radius 2 is 2.15 bits per heavy atom. The summed E-state index contributed by atoms with van der Waals surface area (Å²) in [5, 5.41) is 9.84. The largest absolute Gasteiger partial charge is 0.506 e. The van der Waals surface area contributed by atoms with Crippen LogP contribution in [0, 0.1) is 6.92 Å². The van der Waals surface area contributed by atoms with E-state index in [1.807, 2.05) is 13.0 Å². The summed E-state index contributed by atoms with van der Waals surface area (Å²) in [6, 6.07) is 3.55. The molecule has 2 rings (SSSR count). The Bertz CT molecular complexity index is 418. The number of likely N-dealkylation sites (tertiary alicyclic amines) is 1. The van der Waals surface area contributed by atoms with Crippen LogP contribution >= 0.6 is 0 Å². The molecule has 1 aromatic rings. The standard InChI is InChI=1S/C15H25N3O2/c1-12-3-4-15(19)14(17-12)11-18-8-5-13(6-9-18)20-10-2-7-16/h3-4,13,19H,2,5-11,16H2,1H3. The van der Waals surface area contributed by atoms with Gasteiger partial charge in [-0.15, -0.1) is 0 Å². The Balaban J connectivity index is 1.78. The lowest BCUT2D eigenvalue weighted by Gasteiger charge is -2.31. The van der Waals surface area contributed by atoms with Crippen molar-refractivity contribution in [3.8, 4) is 5.75 Å². The highest BCUT2D eigenvalue weighted by Crippen LogP contribution is 2.20. The number of hydrogen-bond acceptors (Lipinski definition) is 5. The molecular weight excluding hydrogens is 254 g/mol. The fourth-order valence-corrected chi connectivity index (χ4v) is 2.50. The minimum atomic E-state index is 0.289. The molecule has 3 N–H and O–H groups in total. The summed E-state index contributed by atoms with van der Waals surface area (Å²) in [6.07, 6.45) is 3.37. The van der Waals surface area contributed by atoms with E-state index in [-0.39, 0.29) is 5.75 Å². The Kier molecular flexibility index (Phi) is 5.76. The SMILES string of the molecule is Cc1ccc(O)c(CN2CCC(OCCCN)CC2)n1. The number of nitrogens with zero attached hydrogens (tertiary/aromatic N) is 2. The number of ether oxygens (including phenoxy) is 1. The first kappa shape index (κ1) is 15.2. The van der Waals surface area contributed by atoms with Gasteiger partial charge >= 0.3 is 0 Å². The molecule has 0 aromatic carbocycles. The van der Waals surface area contributed by atoms with Gasteiger partial charge in [-0.1, -0.05) is 0 Å². The van der Waals surface area contributed by atoms with Gasteiger partial charge in [-0.05, 0) is 44.9 Å². The molecule has 1 fully saturated rings. The lowest BCUT2D eigenvalue weighted by atomic mass is 10.1. The molecule has 0 bridgehead atoms. The summed E-state index contributed by atoms with van der Waals surface area (Å²) in [6.45, 7) is 6.09. The molecule has 1 aromatic heterocycles. The monoisotopic (exact) mass is 279 g/mol. The van der Waals surface area contributed by atoms with Gasteiger partial charge in [0.1, 0.15) is 5.75 Å². The minimum absolute atomic E-state index is 0.289. The third-order valence-electron chi connectivity index (χ3n) is 3.70. The van der Waals surface area contributed by atoms with Crippen LogP contribution in [-0.4, -0.2) is 47.3 Å². The van der Waals surface area contributed by atoms with Crippen molar-refractivity contribution in [2.75, 3.05) is 26.2 Å². The highest BCUT2D eigenvalue weighted by Gasteiger charge is 2.20. The van der Waals surface area contributed by atoms with E-state index in [1.165, 1.54) is 0 Å². The van der Waals surface area contributed by atoms with Crippen LogP contribution in [0.5, 0.6) is 5.75 Å². The van der Waals surface area contributed by atoms with E-state index < -0.39 is 0 Å². The number of aryl methyl sites for hydroxylation is 1. The molecule has 1 saturated heterocycles. The number of nitrogens with two attached hydrogens (primary N) is 1. The van der Waals surface area contributed by atoms with Gasteiger partial charge in [-0.3, -0.25) is 9.88 Å². The van der Waals surface area contributed by atoms with Gasteiger partial charge in [0.15, 0.2) is 0 Å². The van der Waals surface area contributed by atoms with E-state index in [0.717, 1.165) is 50.3 Å². The lowest BCUT2D eigenvalue weighted by molar-refractivity contribution is 0.00528.